The maximum Gasteiger partial charge on any atom is 0.253 e. The van der Waals surface area contributed by atoms with Crippen LogP contribution in [0.1, 0.15) is 0 Å². The molecule has 3 aromatic carbocycles. The van der Waals surface area contributed by atoms with Crippen LogP contribution in [0.3, 0.4) is 0 Å². The van der Waals surface area contributed by atoms with Crippen LogP contribution in [-0.2, 0) is 9.53 Å². The molecule has 5 heteroatoms. The van der Waals surface area contributed by atoms with Gasteiger partial charge in [0.1, 0.15) is 6.61 Å². The van der Waals surface area contributed by atoms with Crippen LogP contribution in [0.15, 0.2) is 107 Å². The third-order valence-corrected chi connectivity index (χ3v) is 6.46. The topological polar surface area (TPSA) is 32.8 Å². The number of para-hydroxylation sites is 2. The molecule has 0 aromatic heterocycles. The zero-order chi connectivity index (χ0) is 20.1. The minimum atomic E-state index is -0.364. The lowest BCUT2D eigenvalue weighted by atomic mass is 10.3. The normalized spacial score (nSPS) is 15.6. The van der Waals surface area contributed by atoms with Gasteiger partial charge in [0.2, 0.25) is 0 Å². The Morgan fingerprint density at radius 3 is 2.14 bits per heavy atom. The van der Waals surface area contributed by atoms with Gasteiger partial charge in [0.15, 0.2) is 5.17 Å². The predicted molar refractivity (Wildman–Crippen MR) is 121 cm³/mol. The third-order valence-electron chi connectivity index (χ3n) is 4.60. The Balaban J connectivity index is 1.59. The van der Waals surface area contributed by atoms with Crippen LogP contribution in [0.2, 0.25) is 0 Å². The number of likely N-dealkylation sites (N-methyl/N-ethyl adjacent to an activating group) is 1. The lowest BCUT2D eigenvalue weighted by molar-refractivity contribution is -0.120. The summed E-state index contributed by atoms with van der Waals surface area (Å²) in [4.78, 5) is 17.5. The van der Waals surface area contributed by atoms with E-state index in [0.29, 0.717) is 0 Å². The molecule has 0 saturated carbocycles. The van der Waals surface area contributed by atoms with Crippen LogP contribution in [0.5, 0.6) is 0 Å². The number of carbonyl (C=O) groups excluding carboxylic acids is 1. The second-order valence-corrected chi connectivity index (χ2v) is 8.25. The molecule has 1 unspecified atom stereocenters. The summed E-state index contributed by atoms with van der Waals surface area (Å²) >= 11 is 0. The quantitative estimate of drug-likeness (QED) is 0.559. The van der Waals surface area contributed by atoms with Crippen molar-refractivity contribution < 1.29 is 9.53 Å². The summed E-state index contributed by atoms with van der Waals surface area (Å²) in [5, 5.41) is 2.89. The Kier molecular flexibility index (Phi) is 5.89. The van der Waals surface area contributed by atoms with E-state index in [1.54, 1.807) is 11.9 Å². The Bertz CT molecular complexity index is 1030. The number of nitrogens with zero attached hydrogens (tertiary/aromatic N) is 2. The van der Waals surface area contributed by atoms with Crippen LogP contribution < -0.4 is 9.80 Å². The monoisotopic (exact) mass is 402 g/mol. The first kappa shape index (κ1) is 19.2. The zero-order valence-corrected chi connectivity index (χ0v) is 17.0. The first-order chi connectivity index (χ1) is 14.2. The minimum Gasteiger partial charge on any atom is -0.315 e. The van der Waals surface area contributed by atoms with E-state index >= 15 is 0 Å². The molecular weight excluding hydrogens is 380 g/mol. The van der Waals surface area contributed by atoms with Crippen molar-refractivity contribution in [1.82, 2.24) is 0 Å². The Morgan fingerprint density at radius 1 is 0.897 bits per heavy atom. The highest BCUT2D eigenvalue weighted by Crippen LogP contribution is 2.37. The number of carbonyl (C=O) groups is 1. The largest absolute Gasteiger partial charge is 0.315 e. The van der Waals surface area contributed by atoms with Gasteiger partial charge in [-0.2, -0.15) is 0 Å². The maximum absolute atomic E-state index is 12.7. The van der Waals surface area contributed by atoms with E-state index in [0.717, 1.165) is 21.4 Å². The SMILES string of the molecule is CN(C(=O)COC1=S(c2ccccc2)C=CN1c1ccccc1)c1ccccc1. The molecule has 0 spiro atoms. The van der Waals surface area contributed by atoms with E-state index in [-0.39, 0.29) is 23.0 Å². The Hall–Kier alpha value is -3.15. The summed E-state index contributed by atoms with van der Waals surface area (Å²) in [6.45, 7) is -0.0257. The first-order valence-electron chi connectivity index (χ1n) is 9.36. The standard InChI is InChI=1S/C24H22N2O2S/c1-25(20-11-5-2-6-12-20)23(27)19-28-24-26(21-13-7-3-8-14-21)17-18-29(24)22-15-9-4-10-16-22/h2-18H,19H2,1H3. The predicted octanol–water partition coefficient (Wildman–Crippen LogP) is 5.07. The van der Waals surface area contributed by atoms with E-state index in [4.69, 9.17) is 4.74 Å². The van der Waals surface area contributed by atoms with E-state index in [9.17, 15) is 4.79 Å². The lowest BCUT2D eigenvalue weighted by Gasteiger charge is -2.23. The Labute approximate surface area is 173 Å². The molecule has 1 amide bonds. The van der Waals surface area contributed by atoms with Crippen LogP contribution in [-0.4, -0.2) is 24.7 Å². The highest BCUT2D eigenvalue weighted by Gasteiger charge is 2.22. The molecule has 4 nitrogen and oxygen atoms in total. The van der Waals surface area contributed by atoms with E-state index < -0.39 is 0 Å². The lowest BCUT2D eigenvalue weighted by Crippen LogP contribution is -2.34. The minimum absolute atomic E-state index is 0.0257. The van der Waals surface area contributed by atoms with Crippen molar-refractivity contribution in [1.29, 1.82) is 0 Å². The summed E-state index contributed by atoms with van der Waals surface area (Å²) in [5.74, 6) is -0.0970. The average molecular weight is 403 g/mol. The van der Waals surface area contributed by atoms with Crippen molar-refractivity contribution in [3.63, 3.8) is 0 Å². The molecule has 4 rings (SSSR count). The molecule has 146 valence electrons. The molecule has 0 aliphatic carbocycles. The summed E-state index contributed by atoms with van der Waals surface area (Å²) in [5.41, 5.74) is 1.85. The van der Waals surface area contributed by atoms with Crippen molar-refractivity contribution >= 4 is 32.9 Å². The summed E-state index contributed by atoms with van der Waals surface area (Å²) in [7, 11) is 1.40. The highest BCUT2D eigenvalue weighted by atomic mass is 32.2. The summed E-state index contributed by atoms with van der Waals surface area (Å²) in [6.07, 6.45) is 2.02. The molecule has 1 heterocycles. The molecule has 0 N–H and O–H groups in total. The fraction of sp³-hybridized carbons (Fsp3) is 0.0833. The van der Waals surface area contributed by atoms with Crippen molar-refractivity contribution in [2.45, 2.75) is 4.90 Å². The fourth-order valence-electron chi connectivity index (χ4n) is 3.02. The van der Waals surface area contributed by atoms with Gasteiger partial charge >= 0.3 is 0 Å². The molecule has 0 bridgehead atoms. The van der Waals surface area contributed by atoms with Gasteiger partial charge in [-0.25, -0.2) is 0 Å². The van der Waals surface area contributed by atoms with Gasteiger partial charge in [0.25, 0.3) is 5.91 Å². The molecular formula is C24H22N2O2S. The van der Waals surface area contributed by atoms with Crippen LogP contribution in [0.4, 0.5) is 11.4 Å². The van der Waals surface area contributed by atoms with Gasteiger partial charge in [-0.3, -0.25) is 9.69 Å². The number of hydrogen-bond donors (Lipinski definition) is 0. The van der Waals surface area contributed by atoms with E-state index in [1.165, 1.54) is 0 Å². The molecule has 0 radical (unpaired) electrons. The zero-order valence-electron chi connectivity index (χ0n) is 16.1. The van der Waals surface area contributed by atoms with Crippen LogP contribution in [0, 0.1) is 0 Å². The number of rotatable bonds is 5. The van der Waals surface area contributed by atoms with Crippen molar-refractivity contribution in [3.05, 3.63) is 103 Å². The number of hydrogen-bond acceptors (Lipinski definition) is 3. The van der Waals surface area contributed by atoms with Gasteiger partial charge in [-0.15, -0.1) is 0 Å². The maximum atomic E-state index is 12.7. The van der Waals surface area contributed by atoms with Gasteiger partial charge in [0, 0.05) is 29.5 Å². The summed E-state index contributed by atoms with van der Waals surface area (Å²) < 4.78 is 6.14. The van der Waals surface area contributed by atoms with E-state index in [2.05, 4.69) is 17.5 Å². The molecule has 1 aliphatic rings. The van der Waals surface area contributed by atoms with Gasteiger partial charge < -0.3 is 9.64 Å². The molecule has 3 aromatic rings. The Morgan fingerprint density at radius 2 is 1.48 bits per heavy atom. The molecule has 0 saturated heterocycles. The van der Waals surface area contributed by atoms with Crippen molar-refractivity contribution in [2.75, 3.05) is 23.5 Å². The molecule has 29 heavy (non-hydrogen) atoms. The van der Waals surface area contributed by atoms with Crippen LogP contribution in [0.25, 0.3) is 0 Å². The fourth-order valence-corrected chi connectivity index (χ4v) is 4.76. The first-order valence-corrected chi connectivity index (χ1v) is 10.6. The second-order valence-electron chi connectivity index (χ2n) is 6.48. The molecule has 1 aliphatic heterocycles. The van der Waals surface area contributed by atoms with E-state index in [1.807, 2.05) is 90.0 Å². The van der Waals surface area contributed by atoms with Crippen molar-refractivity contribution in [2.24, 2.45) is 0 Å². The van der Waals surface area contributed by atoms with Crippen molar-refractivity contribution in [3.8, 4) is 0 Å². The molecule has 0 fully saturated rings. The third kappa shape index (κ3) is 4.31. The van der Waals surface area contributed by atoms with Crippen LogP contribution >= 0.6 is 10.5 Å². The van der Waals surface area contributed by atoms with Gasteiger partial charge in [-0.05, 0) is 41.8 Å². The smallest absolute Gasteiger partial charge is 0.253 e. The van der Waals surface area contributed by atoms with Gasteiger partial charge in [-0.1, -0.05) is 65.1 Å². The van der Waals surface area contributed by atoms with Gasteiger partial charge in [0.05, 0.1) is 0 Å². The average Bonchev–Trinajstić information content (AvgIpc) is 3.22. The number of benzene rings is 3. The highest BCUT2D eigenvalue weighted by molar-refractivity contribution is 8.18. The summed E-state index contributed by atoms with van der Waals surface area (Å²) in [6, 6.07) is 29.8. The number of anilines is 2. The number of amides is 1. The second kappa shape index (κ2) is 8.90. The number of ether oxygens (including phenoxy) is 1. The molecule has 1 atom stereocenters.